The second-order valence-corrected chi connectivity index (χ2v) is 7.74. The van der Waals surface area contributed by atoms with Gasteiger partial charge in [0.1, 0.15) is 5.82 Å². The number of benzene rings is 2. The number of hydrogen-bond donors (Lipinski definition) is 1. The number of anilines is 2. The van der Waals surface area contributed by atoms with Crippen molar-refractivity contribution in [1.29, 1.82) is 0 Å². The second-order valence-electron chi connectivity index (χ2n) is 7.74. The molecular weight excluding hydrogens is 360 g/mol. The lowest BCUT2D eigenvalue weighted by Crippen LogP contribution is -2.41. The average molecular weight is 386 g/mol. The van der Waals surface area contributed by atoms with Crippen LogP contribution >= 0.6 is 0 Å². The van der Waals surface area contributed by atoms with Crippen LogP contribution in [0, 0.1) is 19.8 Å². The molecule has 1 atom stereocenters. The van der Waals surface area contributed by atoms with Crippen molar-refractivity contribution >= 4 is 17.4 Å². The Hall–Kier alpha value is -3.21. The summed E-state index contributed by atoms with van der Waals surface area (Å²) in [6.07, 6.45) is 3.66. The van der Waals surface area contributed by atoms with Crippen LogP contribution in [0.1, 0.15) is 24.0 Å². The third kappa shape index (κ3) is 4.62. The van der Waals surface area contributed by atoms with Crippen molar-refractivity contribution in [2.24, 2.45) is 5.92 Å². The molecule has 1 aliphatic heterocycles. The number of aryl methyl sites for hydroxylation is 2. The van der Waals surface area contributed by atoms with Gasteiger partial charge in [-0.2, -0.15) is 0 Å². The zero-order valence-corrected chi connectivity index (χ0v) is 16.9. The number of aromatic nitrogens is 2. The van der Waals surface area contributed by atoms with E-state index in [1.165, 1.54) is 11.1 Å². The number of hydrogen-bond acceptors (Lipinski definition) is 4. The minimum absolute atomic E-state index is 0.0529. The number of rotatable bonds is 4. The number of carbonyl (C=O) groups excluding carboxylic acids is 1. The van der Waals surface area contributed by atoms with Crippen LogP contribution in [0.2, 0.25) is 0 Å². The molecule has 148 valence electrons. The van der Waals surface area contributed by atoms with Gasteiger partial charge in [0, 0.05) is 30.5 Å². The van der Waals surface area contributed by atoms with Crippen molar-refractivity contribution in [2.75, 3.05) is 23.3 Å². The topological polar surface area (TPSA) is 58.1 Å². The average Bonchev–Trinajstić information content (AvgIpc) is 2.76. The fourth-order valence-electron chi connectivity index (χ4n) is 3.65. The molecule has 0 bridgehead atoms. The van der Waals surface area contributed by atoms with E-state index >= 15 is 0 Å². The van der Waals surface area contributed by atoms with Gasteiger partial charge in [-0.25, -0.2) is 9.97 Å². The SMILES string of the molecule is Cc1ccc(NC(=O)[C@@H]2CCCN(c3ccnc(-c4ccc(C)cc4)n3)C2)cc1. The molecule has 0 aliphatic carbocycles. The van der Waals surface area contributed by atoms with E-state index < -0.39 is 0 Å². The molecule has 0 radical (unpaired) electrons. The molecular formula is C24H26N4O. The highest BCUT2D eigenvalue weighted by Crippen LogP contribution is 2.25. The molecule has 0 spiro atoms. The first-order chi connectivity index (χ1) is 14.1. The fourth-order valence-corrected chi connectivity index (χ4v) is 3.65. The summed E-state index contributed by atoms with van der Waals surface area (Å²) in [5, 5.41) is 3.06. The lowest BCUT2D eigenvalue weighted by atomic mass is 9.97. The predicted molar refractivity (Wildman–Crippen MR) is 117 cm³/mol. The maximum Gasteiger partial charge on any atom is 0.229 e. The second kappa shape index (κ2) is 8.43. The summed E-state index contributed by atoms with van der Waals surface area (Å²) in [6, 6.07) is 18.1. The normalized spacial score (nSPS) is 16.5. The Morgan fingerprint density at radius 2 is 1.69 bits per heavy atom. The van der Waals surface area contributed by atoms with Crippen molar-refractivity contribution in [1.82, 2.24) is 9.97 Å². The van der Waals surface area contributed by atoms with Crippen molar-refractivity contribution < 1.29 is 4.79 Å². The number of nitrogens with zero attached hydrogens (tertiary/aromatic N) is 3. The van der Waals surface area contributed by atoms with E-state index in [0.29, 0.717) is 12.4 Å². The Morgan fingerprint density at radius 3 is 2.41 bits per heavy atom. The van der Waals surface area contributed by atoms with Gasteiger partial charge in [-0.3, -0.25) is 4.79 Å². The van der Waals surface area contributed by atoms with Gasteiger partial charge in [0.2, 0.25) is 5.91 Å². The molecule has 1 aromatic heterocycles. The lowest BCUT2D eigenvalue weighted by molar-refractivity contribution is -0.120. The molecule has 1 amide bonds. The molecule has 2 aromatic carbocycles. The van der Waals surface area contributed by atoms with E-state index in [0.717, 1.165) is 36.5 Å². The molecule has 4 rings (SSSR count). The number of carbonyl (C=O) groups is 1. The monoisotopic (exact) mass is 386 g/mol. The number of amides is 1. The van der Waals surface area contributed by atoms with Crippen molar-refractivity contribution in [3.05, 3.63) is 71.9 Å². The Kier molecular flexibility index (Phi) is 5.56. The molecule has 1 saturated heterocycles. The minimum atomic E-state index is -0.0529. The zero-order valence-electron chi connectivity index (χ0n) is 16.9. The highest BCUT2D eigenvalue weighted by Gasteiger charge is 2.27. The molecule has 5 nitrogen and oxygen atoms in total. The molecule has 5 heteroatoms. The molecule has 1 fully saturated rings. The van der Waals surface area contributed by atoms with Crippen LogP contribution in [0.15, 0.2) is 60.8 Å². The summed E-state index contributed by atoms with van der Waals surface area (Å²) in [5.74, 6) is 1.62. The quantitative estimate of drug-likeness (QED) is 0.711. The van der Waals surface area contributed by atoms with E-state index in [2.05, 4.69) is 34.3 Å². The summed E-state index contributed by atoms with van der Waals surface area (Å²) < 4.78 is 0. The van der Waals surface area contributed by atoms with Crippen LogP contribution in [-0.2, 0) is 4.79 Å². The van der Waals surface area contributed by atoms with Gasteiger partial charge in [0.15, 0.2) is 5.82 Å². The summed E-state index contributed by atoms with van der Waals surface area (Å²) in [4.78, 5) is 24.2. The summed E-state index contributed by atoms with van der Waals surface area (Å²) in [5.41, 5.74) is 4.24. The van der Waals surface area contributed by atoms with Gasteiger partial charge in [-0.1, -0.05) is 47.5 Å². The molecule has 0 unspecified atom stereocenters. The smallest absolute Gasteiger partial charge is 0.229 e. The molecule has 3 aromatic rings. The van der Waals surface area contributed by atoms with Crippen LogP contribution < -0.4 is 10.2 Å². The highest BCUT2D eigenvalue weighted by atomic mass is 16.1. The van der Waals surface area contributed by atoms with Crippen molar-refractivity contribution in [3.63, 3.8) is 0 Å². The summed E-state index contributed by atoms with van der Waals surface area (Å²) in [7, 11) is 0. The van der Waals surface area contributed by atoms with E-state index in [4.69, 9.17) is 4.98 Å². The van der Waals surface area contributed by atoms with Gasteiger partial charge in [0.05, 0.1) is 5.92 Å². The Labute approximate surface area is 171 Å². The molecule has 29 heavy (non-hydrogen) atoms. The van der Waals surface area contributed by atoms with E-state index in [1.54, 1.807) is 6.20 Å². The first-order valence-corrected chi connectivity index (χ1v) is 10.1. The largest absolute Gasteiger partial charge is 0.356 e. The van der Waals surface area contributed by atoms with Gasteiger partial charge >= 0.3 is 0 Å². The van der Waals surface area contributed by atoms with Gasteiger partial charge < -0.3 is 10.2 Å². The lowest BCUT2D eigenvalue weighted by Gasteiger charge is -2.33. The predicted octanol–water partition coefficient (Wildman–Crippen LogP) is 4.62. The molecule has 1 aliphatic rings. The Morgan fingerprint density at radius 1 is 1.00 bits per heavy atom. The highest BCUT2D eigenvalue weighted by molar-refractivity contribution is 5.93. The van der Waals surface area contributed by atoms with Gasteiger partial charge in [0.25, 0.3) is 0 Å². The summed E-state index contributed by atoms with van der Waals surface area (Å²) >= 11 is 0. The molecule has 0 saturated carbocycles. The Bertz CT molecular complexity index is 983. The molecule has 1 N–H and O–H groups in total. The van der Waals surface area contributed by atoms with E-state index in [1.807, 2.05) is 49.4 Å². The fraction of sp³-hybridized carbons (Fsp3) is 0.292. The van der Waals surface area contributed by atoms with Crippen molar-refractivity contribution in [2.45, 2.75) is 26.7 Å². The maximum atomic E-state index is 12.8. The van der Waals surface area contributed by atoms with Crippen LogP contribution in [0.4, 0.5) is 11.5 Å². The van der Waals surface area contributed by atoms with Crippen molar-refractivity contribution in [3.8, 4) is 11.4 Å². The zero-order chi connectivity index (χ0) is 20.2. The maximum absolute atomic E-state index is 12.8. The first kappa shape index (κ1) is 19.1. The van der Waals surface area contributed by atoms with Crippen LogP contribution in [-0.4, -0.2) is 29.0 Å². The Balaban J connectivity index is 1.46. The van der Waals surface area contributed by atoms with Crippen LogP contribution in [0.25, 0.3) is 11.4 Å². The van der Waals surface area contributed by atoms with E-state index in [9.17, 15) is 4.79 Å². The summed E-state index contributed by atoms with van der Waals surface area (Å²) in [6.45, 7) is 5.68. The van der Waals surface area contributed by atoms with Gasteiger partial charge in [-0.05, 0) is 44.9 Å². The minimum Gasteiger partial charge on any atom is -0.356 e. The first-order valence-electron chi connectivity index (χ1n) is 10.1. The van der Waals surface area contributed by atoms with Crippen LogP contribution in [0.3, 0.4) is 0 Å². The van der Waals surface area contributed by atoms with Gasteiger partial charge in [-0.15, -0.1) is 0 Å². The standard InChI is InChI=1S/C24H26N4O/c1-17-5-9-19(10-6-17)23-25-14-13-22(27-23)28-15-3-4-20(16-28)24(29)26-21-11-7-18(2)8-12-21/h5-14,20H,3-4,15-16H2,1-2H3,(H,26,29)/t20-/m1/s1. The number of piperidine rings is 1. The third-order valence-electron chi connectivity index (χ3n) is 5.39. The third-order valence-corrected chi connectivity index (χ3v) is 5.39. The molecule has 2 heterocycles. The number of nitrogens with one attached hydrogen (secondary N) is 1. The van der Waals surface area contributed by atoms with E-state index in [-0.39, 0.29) is 11.8 Å². The van der Waals surface area contributed by atoms with Crippen LogP contribution in [0.5, 0.6) is 0 Å².